The number of phenolic OH excluding ortho intramolecular Hbond substituents is 2. The van der Waals surface area contributed by atoms with Gasteiger partial charge in [-0.15, -0.1) is 0 Å². The van der Waals surface area contributed by atoms with E-state index in [9.17, 15) is 19.8 Å². The zero-order chi connectivity index (χ0) is 26.5. The lowest BCUT2D eigenvalue weighted by atomic mass is 9.52. The number of rotatable bonds is 8. The van der Waals surface area contributed by atoms with E-state index in [0.717, 1.165) is 64.2 Å². The monoisotopic (exact) mass is 524 g/mol. The molecule has 0 radical (unpaired) electrons. The summed E-state index contributed by atoms with van der Waals surface area (Å²) in [5.41, 5.74) is 1.41. The lowest BCUT2D eigenvalue weighted by molar-refractivity contribution is -0.315. The van der Waals surface area contributed by atoms with Crippen molar-refractivity contribution in [2.45, 2.75) is 88.3 Å². The van der Waals surface area contributed by atoms with Crippen LogP contribution in [0.3, 0.4) is 0 Å². The van der Waals surface area contributed by atoms with Gasteiger partial charge in [0, 0.05) is 11.8 Å². The molecule has 2 N–H and O–H groups in total. The Kier molecular flexibility index (Phi) is 8.49. The summed E-state index contributed by atoms with van der Waals surface area (Å²) in [5, 5.41) is 19.7. The second kappa shape index (κ2) is 12.2. The predicted molar refractivity (Wildman–Crippen MR) is 137 cm³/mol. The van der Waals surface area contributed by atoms with E-state index in [1.165, 1.54) is 24.3 Å². The number of aromatic hydroxyl groups is 2. The van der Waals surface area contributed by atoms with E-state index in [1.54, 1.807) is 24.3 Å². The molecule has 2 aromatic carbocycles. The predicted octanol–water partition coefficient (Wildman–Crippen LogP) is 5.83. The number of phenols is 2. The Balaban J connectivity index is 1.41. The molecule has 3 aliphatic carbocycles. The van der Waals surface area contributed by atoms with Gasteiger partial charge in [0.15, 0.2) is 0 Å². The molecule has 0 saturated heterocycles. The fourth-order valence-electron chi connectivity index (χ4n) is 6.22. The van der Waals surface area contributed by atoms with Crippen LogP contribution in [0, 0.1) is 11.8 Å². The molecule has 5 rings (SSSR count). The quantitative estimate of drug-likeness (QED) is 0.328. The van der Waals surface area contributed by atoms with Crippen LogP contribution in [0.1, 0.15) is 87.2 Å². The molecule has 0 bridgehead atoms. The molecular weight excluding hydrogens is 488 g/mol. The van der Waals surface area contributed by atoms with Crippen molar-refractivity contribution in [2.75, 3.05) is 0 Å². The molecule has 8 nitrogen and oxygen atoms in total. The summed E-state index contributed by atoms with van der Waals surface area (Å²) in [6, 6.07) is 13.0. The SMILES string of the molecule is O=C(OOC1CCCCC1)C1C(c2ccc(O)cc2)C(C(=O)OOC2CCCCC2)C1c1ccc(O)cc1. The topological polar surface area (TPSA) is 112 Å². The minimum absolute atomic E-state index is 0.0858. The normalized spacial score (nSPS) is 26.3. The summed E-state index contributed by atoms with van der Waals surface area (Å²) < 4.78 is 0. The van der Waals surface area contributed by atoms with Crippen LogP contribution in [-0.4, -0.2) is 34.4 Å². The molecule has 0 aromatic heterocycles. The van der Waals surface area contributed by atoms with Gasteiger partial charge in [0.25, 0.3) is 0 Å². The third-order valence-corrected chi connectivity index (χ3v) is 8.28. The van der Waals surface area contributed by atoms with Crippen LogP contribution in [0.5, 0.6) is 11.5 Å². The maximum absolute atomic E-state index is 13.5. The smallest absolute Gasteiger partial charge is 0.346 e. The largest absolute Gasteiger partial charge is 0.508 e. The van der Waals surface area contributed by atoms with Crippen molar-refractivity contribution in [1.29, 1.82) is 0 Å². The van der Waals surface area contributed by atoms with Gasteiger partial charge in [-0.25, -0.2) is 9.59 Å². The molecule has 38 heavy (non-hydrogen) atoms. The maximum atomic E-state index is 13.5. The minimum Gasteiger partial charge on any atom is -0.508 e. The summed E-state index contributed by atoms with van der Waals surface area (Å²) in [6.07, 6.45) is 9.54. The number of hydrogen-bond acceptors (Lipinski definition) is 8. The molecule has 0 aliphatic heterocycles. The molecule has 0 amide bonds. The van der Waals surface area contributed by atoms with Gasteiger partial charge in [-0.3, -0.25) is 9.78 Å². The standard InChI is InChI=1S/C30H36O8/c31-21-15-11-19(12-16-21)25-27(29(33)37-35-23-7-3-1-4-8-23)26(20-13-17-22(32)18-14-20)28(25)30(34)38-36-24-9-5-2-6-10-24/h11-18,23-28,31-32H,1-10H2. The maximum Gasteiger partial charge on any atom is 0.346 e. The van der Waals surface area contributed by atoms with Crippen molar-refractivity contribution in [3.63, 3.8) is 0 Å². The first-order valence-electron chi connectivity index (χ1n) is 13.8. The molecule has 3 fully saturated rings. The molecule has 204 valence electrons. The van der Waals surface area contributed by atoms with E-state index < -0.39 is 35.6 Å². The van der Waals surface area contributed by atoms with Crippen LogP contribution in [-0.2, 0) is 29.1 Å². The Morgan fingerprint density at radius 2 is 0.895 bits per heavy atom. The minimum atomic E-state index is -0.736. The zero-order valence-corrected chi connectivity index (χ0v) is 21.5. The number of carbonyl (C=O) groups is 2. The number of benzene rings is 2. The summed E-state index contributed by atoms with van der Waals surface area (Å²) in [4.78, 5) is 48.9. The van der Waals surface area contributed by atoms with Crippen molar-refractivity contribution in [3.8, 4) is 11.5 Å². The second-order valence-corrected chi connectivity index (χ2v) is 10.8. The molecule has 0 spiro atoms. The molecular formula is C30H36O8. The first kappa shape index (κ1) is 26.5. The van der Waals surface area contributed by atoms with Gasteiger partial charge in [-0.2, -0.15) is 9.78 Å². The first-order valence-corrected chi connectivity index (χ1v) is 13.8. The van der Waals surface area contributed by atoms with Crippen LogP contribution in [0.15, 0.2) is 48.5 Å². The molecule has 0 atom stereocenters. The molecule has 0 heterocycles. The van der Waals surface area contributed by atoms with E-state index in [0.29, 0.717) is 11.1 Å². The summed E-state index contributed by atoms with van der Waals surface area (Å²) in [5.74, 6) is -3.54. The highest BCUT2D eigenvalue weighted by atomic mass is 17.2. The van der Waals surface area contributed by atoms with Crippen LogP contribution in [0.25, 0.3) is 0 Å². The average Bonchev–Trinajstić information content (AvgIpc) is 2.93. The summed E-state index contributed by atoms with van der Waals surface area (Å²) in [7, 11) is 0. The summed E-state index contributed by atoms with van der Waals surface area (Å²) in [6.45, 7) is 0. The fourth-order valence-corrected chi connectivity index (χ4v) is 6.22. The van der Waals surface area contributed by atoms with Crippen molar-refractivity contribution in [3.05, 3.63) is 59.7 Å². The van der Waals surface area contributed by atoms with Gasteiger partial charge < -0.3 is 10.2 Å². The van der Waals surface area contributed by atoms with Gasteiger partial charge >= 0.3 is 11.9 Å². The van der Waals surface area contributed by atoms with Crippen LogP contribution >= 0.6 is 0 Å². The molecule has 0 unspecified atom stereocenters. The summed E-state index contributed by atoms with van der Waals surface area (Å²) >= 11 is 0. The Morgan fingerprint density at radius 3 is 1.24 bits per heavy atom. The Bertz CT molecular complexity index is 975. The highest BCUT2D eigenvalue weighted by Gasteiger charge is 2.60. The third-order valence-electron chi connectivity index (χ3n) is 8.28. The number of carbonyl (C=O) groups excluding carboxylic acids is 2. The van der Waals surface area contributed by atoms with Crippen molar-refractivity contribution < 1.29 is 39.4 Å². The Hall–Kier alpha value is -3.10. The van der Waals surface area contributed by atoms with Crippen LogP contribution in [0.4, 0.5) is 0 Å². The first-order chi connectivity index (χ1) is 18.5. The van der Waals surface area contributed by atoms with Crippen molar-refractivity contribution >= 4 is 11.9 Å². The van der Waals surface area contributed by atoms with E-state index in [2.05, 4.69) is 0 Å². The molecule has 3 aliphatic rings. The Labute approximate surface area is 222 Å². The van der Waals surface area contributed by atoms with Gasteiger partial charge in [0.1, 0.15) is 23.7 Å². The average molecular weight is 525 g/mol. The Morgan fingerprint density at radius 1 is 0.553 bits per heavy atom. The number of hydrogen-bond donors (Lipinski definition) is 2. The highest BCUT2D eigenvalue weighted by molar-refractivity contribution is 5.85. The lowest BCUT2D eigenvalue weighted by Crippen LogP contribution is -2.52. The zero-order valence-electron chi connectivity index (χ0n) is 21.5. The van der Waals surface area contributed by atoms with Gasteiger partial charge in [0.2, 0.25) is 0 Å². The fraction of sp³-hybridized carbons (Fsp3) is 0.533. The van der Waals surface area contributed by atoms with E-state index in [1.807, 2.05) is 0 Å². The third kappa shape index (κ3) is 5.97. The van der Waals surface area contributed by atoms with Crippen LogP contribution in [0.2, 0.25) is 0 Å². The van der Waals surface area contributed by atoms with Crippen molar-refractivity contribution in [1.82, 2.24) is 0 Å². The second-order valence-electron chi connectivity index (χ2n) is 10.8. The molecule has 8 heteroatoms. The van der Waals surface area contributed by atoms with E-state index in [-0.39, 0.29) is 23.7 Å². The molecule has 3 saturated carbocycles. The van der Waals surface area contributed by atoms with Gasteiger partial charge in [0.05, 0.1) is 11.8 Å². The van der Waals surface area contributed by atoms with E-state index in [4.69, 9.17) is 19.6 Å². The van der Waals surface area contributed by atoms with Gasteiger partial charge in [-0.05, 0) is 61.1 Å². The lowest BCUT2D eigenvalue weighted by Gasteiger charge is -2.49. The molecule has 2 aromatic rings. The van der Waals surface area contributed by atoms with Gasteiger partial charge in [-0.1, -0.05) is 62.8 Å². The van der Waals surface area contributed by atoms with Crippen LogP contribution < -0.4 is 0 Å². The van der Waals surface area contributed by atoms with Crippen molar-refractivity contribution in [2.24, 2.45) is 11.8 Å². The van der Waals surface area contributed by atoms with E-state index >= 15 is 0 Å². The highest BCUT2D eigenvalue weighted by Crippen LogP contribution is 2.58.